The molecule has 92 valence electrons. The summed E-state index contributed by atoms with van der Waals surface area (Å²) in [7, 11) is 1.67. The molecule has 1 amide bonds. The van der Waals surface area contributed by atoms with Crippen LogP contribution >= 0.6 is 0 Å². The van der Waals surface area contributed by atoms with Crippen molar-refractivity contribution in [3.8, 4) is 5.75 Å². The van der Waals surface area contributed by atoms with Gasteiger partial charge in [0.15, 0.2) is 0 Å². The first-order valence-electron chi connectivity index (χ1n) is 5.51. The van der Waals surface area contributed by atoms with Gasteiger partial charge in [-0.05, 0) is 30.3 Å². The van der Waals surface area contributed by atoms with Gasteiger partial charge in [0.2, 0.25) is 0 Å². The summed E-state index contributed by atoms with van der Waals surface area (Å²) in [6, 6.07) is 13.6. The summed E-state index contributed by atoms with van der Waals surface area (Å²) in [6.07, 6.45) is 0. The maximum atomic E-state index is 12.3. The van der Waals surface area contributed by atoms with Crippen LogP contribution in [-0.4, -0.2) is 18.1 Å². The van der Waals surface area contributed by atoms with E-state index < -0.39 is 0 Å². The van der Waals surface area contributed by atoms with Gasteiger partial charge in [0.1, 0.15) is 5.75 Å². The highest BCUT2D eigenvalue weighted by molar-refractivity contribution is 6.09. The van der Waals surface area contributed by atoms with E-state index in [-0.39, 0.29) is 11.7 Å². The number of hydrogen-bond donors (Lipinski definition) is 2. The molecule has 0 saturated heterocycles. The molecule has 2 aromatic carbocycles. The van der Waals surface area contributed by atoms with Crippen molar-refractivity contribution in [3.05, 3.63) is 54.1 Å². The van der Waals surface area contributed by atoms with Crippen LogP contribution in [0.25, 0.3) is 0 Å². The molecule has 2 aromatic rings. The van der Waals surface area contributed by atoms with Gasteiger partial charge in [-0.1, -0.05) is 18.2 Å². The number of hydrogen-bond acceptors (Lipinski definition) is 3. The van der Waals surface area contributed by atoms with E-state index in [4.69, 9.17) is 5.73 Å². The van der Waals surface area contributed by atoms with Crippen LogP contribution in [0.2, 0.25) is 0 Å². The van der Waals surface area contributed by atoms with Crippen LogP contribution < -0.4 is 10.6 Å². The summed E-state index contributed by atoms with van der Waals surface area (Å²) < 4.78 is 0. The third kappa shape index (κ3) is 2.27. The Hall–Kier alpha value is -2.49. The molecule has 2 rings (SSSR count). The zero-order valence-electron chi connectivity index (χ0n) is 10.00. The van der Waals surface area contributed by atoms with Gasteiger partial charge in [-0.3, -0.25) is 4.79 Å². The van der Waals surface area contributed by atoms with Crippen molar-refractivity contribution in [1.29, 1.82) is 0 Å². The number of para-hydroxylation sites is 1. The summed E-state index contributed by atoms with van der Waals surface area (Å²) in [5, 5.41) is 9.41. The molecular weight excluding hydrogens is 228 g/mol. The van der Waals surface area contributed by atoms with E-state index in [1.807, 2.05) is 30.3 Å². The molecule has 0 radical (unpaired) electrons. The standard InChI is InChI=1S/C14H14N2O2/c1-16(10-5-3-2-4-6-10)14(18)12-9-11(17)7-8-13(12)15/h2-9,17H,15H2,1H3. The highest BCUT2D eigenvalue weighted by atomic mass is 16.3. The Morgan fingerprint density at radius 3 is 2.50 bits per heavy atom. The number of nitrogen functional groups attached to an aromatic ring is 1. The Morgan fingerprint density at radius 1 is 1.17 bits per heavy atom. The molecule has 4 nitrogen and oxygen atoms in total. The summed E-state index contributed by atoms with van der Waals surface area (Å²) in [6.45, 7) is 0. The van der Waals surface area contributed by atoms with Crippen molar-refractivity contribution >= 4 is 17.3 Å². The molecule has 0 fully saturated rings. The fraction of sp³-hybridized carbons (Fsp3) is 0.0714. The molecule has 0 unspecified atom stereocenters. The zero-order chi connectivity index (χ0) is 13.1. The molecule has 0 aliphatic carbocycles. The molecular formula is C14H14N2O2. The molecule has 0 atom stereocenters. The number of nitrogens with zero attached hydrogens (tertiary/aromatic N) is 1. The van der Waals surface area contributed by atoms with E-state index in [9.17, 15) is 9.90 Å². The topological polar surface area (TPSA) is 66.6 Å². The zero-order valence-corrected chi connectivity index (χ0v) is 10.00. The largest absolute Gasteiger partial charge is 0.508 e. The lowest BCUT2D eigenvalue weighted by Gasteiger charge is -2.18. The van der Waals surface area contributed by atoms with Crippen molar-refractivity contribution in [2.24, 2.45) is 0 Å². The van der Waals surface area contributed by atoms with Gasteiger partial charge >= 0.3 is 0 Å². The second-order valence-electron chi connectivity index (χ2n) is 3.97. The highest BCUT2D eigenvalue weighted by Gasteiger charge is 2.16. The minimum atomic E-state index is -0.255. The number of phenols is 1. The van der Waals surface area contributed by atoms with E-state index in [2.05, 4.69) is 0 Å². The van der Waals surface area contributed by atoms with Crippen molar-refractivity contribution < 1.29 is 9.90 Å². The van der Waals surface area contributed by atoms with Gasteiger partial charge in [0, 0.05) is 18.4 Å². The van der Waals surface area contributed by atoms with E-state index >= 15 is 0 Å². The van der Waals surface area contributed by atoms with Crippen LogP contribution in [0.4, 0.5) is 11.4 Å². The van der Waals surface area contributed by atoms with Gasteiger partial charge in [-0.25, -0.2) is 0 Å². The number of benzene rings is 2. The van der Waals surface area contributed by atoms with Gasteiger partial charge in [0.25, 0.3) is 5.91 Å². The Morgan fingerprint density at radius 2 is 1.83 bits per heavy atom. The Labute approximate surface area is 105 Å². The molecule has 0 aliphatic heterocycles. The molecule has 0 saturated carbocycles. The van der Waals surface area contributed by atoms with E-state index in [1.165, 1.54) is 23.1 Å². The number of carbonyl (C=O) groups is 1. The third-order valence-electron chi connectivity index (χ3n) is 2.72. The Kier molecular flexibility index (Phi) is 3.19. The van der Waals surface area contributed by atoms with Gasteiger partial charge in [0.05, 0.1) is 5.56 Å². The molecule has 0 bridgehead atoms. The first-order chi connectivity index (χ1) is 8.59. The van der Waals surface area contributed by atoms with Crippen molar-refractivity contribution in [3.63, 3.8) is 0 Å². The minimum Gasteiger partial charge on any atom is -0.508 e. The predicted octanol–water partition coefficient (Wildman–Crippen LogP) is 2.25. The van der Waals surface area contributed by atoms with Crippen LogP contribution in [0, 0.1) is 0 Å². The molecule has 0 heterocycles. The number of nitrogens with two attached hydrogens (primary N) is 1. The summed E-state index contributed by atoms with van der Waals surface area (Å²) in [5.74, 6) is -0.233. The molecule has 0 aromatic heterocycles. The smallest absolute Gasteiger partial charge is 0.260 e. The van der Waals surface area contributed by atoms with Gasteiger partial charge in [-0.15, -0.1) is 0 Å². The Bertz CT molecular complexity index is 567. The number of amides is 1. The first kappa shape index (κ1) is 12.0. The van der Waals surface area contributed by atoms with Crippen molar-refractivity contribution in [2.75, 3.05) is 17.7 Å². The number of phenolic OH excluding ortho intramolecular Hbond substituents is 1. The first-order valence-corrected chi connectivity index (χ1v) is 5.51. The summed E-state index contributed by atoms with van der Waals surface area (Å²) in [5.41, 5.74) is 7.16. The number of rotatable bonds is 2. The maximum Gasteiger partial charge on any atom is 0.260 e. The average molecular weight is 242 g/mol. The SMILES string of the molecule is CN(C(=O)c1cc(O)ccc1N)c1ccccc1. The fourth-order valence-electron chi connectivity index (χ4n) is 1.68. The van der Waals surface area contributed by atoms with Crippen molar-refractivity contribution in [2.45, 2.75) is 0 Å². The van der Waals surface area contributed by atoms with Crippen LogP contribution in [-0.2, 0) is 0 Å². The summed E-state index contributed by atoms with van der Waals surface area (Å²) >= 11 is 0. The number of aromatic hydroxyl groups is 1. The Balaban J connectivity index is 2.34. The predicted molar refractivity (Wildman–Crippen MR) is 71.7 cm³/mol. The molecule has 0 spiro atoms. The normalized spacial score (nSPS) is 10.1. The van der Waals surface area contributed by atoms with Gasteiger partial charge in [-0.2, -0.15) is 0 Å². The fourth-order valence-corrected chi connectivity index (χ4v) is 1.68. The molecule has 3 N–H and O–H groups in total. The summed E-state index contributed by atoms with van der Waals surface area (Å²) in [4.78, 5) is 13.7. The number of anilines is 2. The van der Waals surface area contributed by atoms with Crippen LogP contribution in [0.3, 0.4) is 0 Å². The van der Waals surface area contributed by atoms with Crippen LogP contribution in [0.15, 0.2) is 48.5 Å². The van der Waals surface area contributed by atoms with Crippen LogP contribution in [0.5, 0.6) is 5.75 Å². The lowest BCUT2D eigenvalue weighted by Crippen LogP contribution is -2.26. The minimum absolute atomic E-state index is 0.0222. The molecule has 18 heavy (non-hydrogen) atoms. The second-order valence-corrected chi connectivity index (χ2v) is 3.97. The lowest BCUT2D eigenvalue weighted by atomic mass is 10.1. The van der Waals surface area contributed by atoms with Gasteiger partial charge < -0.3 is 15.7 Å². The number of carbonyl (C=O) groups excluding carboxylic acids is 1. The quantitative estimate of drug-likeness (QED) is 0.627. The van der Waals surface area contributed by atoms with Crippen LogP contribution in [0.1, 0.15) is 10.4 Å². The lowest BCUT2D eigenvalue weighted by molar-refractivity contribution is 0.0993. The van der Waals surface area contributed by atoms with E-state index in [1.54, 1.807) is 7.05 Å². The van der Waals surface area contributed by atoms with Crippen molar-refractivity contribution in [1.82, 2.24) is 0 Å². The second kappa shape index (κ2) is 4.79. The molecule has 0 aliphatic rings. The average Bonchev–Trinajstić information content (AvgIpc) is 2.41. The third-order valence-corrected chi connectivity index (χ3v) is 2.72. The highest BCUT2D eigenvalue weighted by Crippen LogP contribution is 2.22. The monoisotopic (exact) mass is 242 g/mol. The van der Waals surface area contributed by atoms with E-state index in [0.29, 0.717) is 11.3 Å². The maximum absolute atomic E-state index is 12.3. The van der Waals surface area contributed by atoms with E-state index in [0.717, 1.165) is 5.69 Å². The molecule has 4 heteroatoms.